The monoisotopic (exact) mass is 370 g/mol. The predicted molar refractivity (Wildman–Crippen MR) is 113 cm³/mol. The number of aryl methyl sites for hydroxylation is 2. The molecule has 4 nitrogen and oxygen atoms in total. The first-order valence-electron chi connectivity index (χ1n) is 9.29. The highest BCUT2D eigenvalue weighted by molar-refractivity contribution is 6.06. The molecule has 4 heteroatoms. The number of carbonyl (C=O) groups excluding carboxylic acids is 1. The molecule has 1 N–H and O–H groups in total. The highest BCUT2D eigenvalue weighted by atomic mass is 16.3. The van der Waals surface area contributed by atoms with Crippen molar-refractivity contribution in [3.8, 4) is 11.5 Å². The number of anilines is 1. The van der Waals surface area contributed by atoms with Gasteiger partial charge in [0.1, 0.15) is 5.52 Å². The Kier molecular flexibility index (Phi) is 4.47. The summed E-state index contributed by atoms with van der Waals surface area (Å²) < 4.78 is 5.80. The quantitative estimate of drug-likeness (QED) is 0.482. The molecule has 1 aromatic heterocycles. The summed E-state index contributed by atoms with van der Waals surface area (Å²) in [6.45, 7) is 8.10. The van der Waals surface area contributed by atoms with Crippen LogP contribution in [0.25, 0.3) is 22.6 Å². The summed E-state index contributed by atoms with van der Waals surface area (Å²) in [6, 6.07) is 17.3. The van der Waals surface area contributed by atoms with Crippen LogP contribution in [0.5, 0.6) is 0 Å². The van der Waals surface area contributed by atoms with Gasteiger partial charge in [0.05, 0.1) is 0 Å². The fraction of sp³-hybridized carbons (Fsp3) is 0.167. The van der Waals surface area contributed by atoms with Crippen molar-refractivity contribution >= 4 is 22.7 Å². The molecule has 1 heterocycles. The summed E-state index contributed by atoms with van der Waals surface area (Å²) in [5.74, 6) is 0.479. The smallest absolute Gasteiger partial charge is 0.256 e. The van der Waals surface area contributed by atoms with Gasteiger partial charge in [0.2, 0.25) is 5.89 Å². The van der Waals surface area contributed by atoms with E-state index < -0.39 is 0 Å². The van der Waals surface area contributed by atoms with Gasteiger partial charge in [-0.05, 0) is 86.3 Å². The Morgan fingerprint density at radius 3 is 2.32 bits per heavy atom. The minimum Gasteiger partial charge on any atom is -0.436 e. The number of fused-ring (bicyclic) bond motifs is 1. The van der Waals surface area contributed by atoms with E-state index in [1.54, 1.807) is 0 Å². The third kappa shape index (κ3) is 3.18. The summed E-state index contributed by atoms with van der Waals surface area (Å²) >= 11 is 0. The molecule has 0 bridgehead atoms. The summed E-state index contributed by atoms with van der Waals surface area (Å²) in [7, 11) is 0. The average molecular weight is 370 g/mol. The maximum Gasteiger partial charge on any atom is 0.256 e. The van der Waals surface area contributed by atoms with E-state index in [0.717, 1.165) is 44.6 Å². The van der Waals surface area contributed by atoms with Gasteiger partial charge in [-0.2, -0.15) is 0 Å². The minimum absolute atomic E-state index is 0.0901. The SMILES string of the molecule is Cc1cc(C)c(C(=O)Nc2ccc(-c3nc4ccccc4o3)cc2)c(C)c1C. The lowest BCUT2D eigenvalue weighted by molar-refractivity contribution is 0.102. The van der Waals surface area contributed by atoms with Crippen LogP contribution in [0.4, 0.5) is 5.69 Å². The molecule has 0 spiro atoms. The molecule has 0 aliphatic carbocycles. The van der Waals surface area contributed by atoms with Crippen LogP contribution in [0.3, 0.4) is 0 Å². The Balaban J connectivity index is 1.58. The lowest BCUT2D eigenvalue weighted by Crippen LogP contribution is -2.16. The topological polar surface area (TPSA) is 55.1 Å². The third-order valence-electron chi connectivity index (χ3n) is 5.27. The number of amides is 1. The van der Waals surface area contributed by atoms with Crippen molar-refractivity contribution in [3.05, 3.63) is 82.4 Å². The van der Waals surface area contributed by atoms with Crippen molar-refractivity contribution in [2.24, 2.45) is 0 Å². The van der Waals surface area contributed by atoms with Gasteiger partial charge >= 0.3 is 0 Å². The van der Waals surface area contributed by atoms with Crippen molar-refractivity contribution in [2.45, 2.75) is 27.7 Å². The Bertz CT molecular complexity index is 1150. The molecular weight excluding hydrogens is 348 g/mol. The molecule has 4 aromatic rings. The molecule has 140 valence electrons. The average Bonchev–Trinajstić information content (AvgIpc) is 3.11. The van der Waals surface area contributed by atoms with E-state index in [9.17, 15) is 4.79 Å². The van der Waals surface area contributed by atoms with Gasteiger partial charge in [0.15, 0.2) is 5.58 Å². The fourth-order valence-electron chi connectivity index (χ4n) is 3.52. The third-order valence-corrected chi connectivity index (χ3v) is 5.27. The molecule has 0 aliphatic rings. The van der Waals surface area contributed by atoms with Crippen LogP contribution in [-0.2, 0) is 0 Å². The van der Waals surface area contributed by atoms with E-state index in [0.29, 0.717) is 5.89 Å². The Morgan fingerprint density at radius 2 is 1.61 bits per heavy atom. The van der Waals surface area contributed by atoms with Gasteiger partial charge in [-0.25, -0.2) is 4.98 Å². The normalized spacial score (nSPS) is 11.0. The van der Waals surface area contributed by atoms with Gasteiger partial charge in [0.25, 0.3) is 5.91 Å². The van der Waals surface area contributed by atoms with Gasteiger partial charge in [-0.1, -0.05) is 18.2 Å². The van der Waals surface area contributed by atoms with Crippen molar-refractivity contribution in [2.75, 3.05) is 5.32 Å². The highest BCUT2D eigenvalue weighted by Gasteiger charge is 2.16. The molecule has 0 radical (unpaired) electrons. The molecule has 4 rings (SSSR count). The molecule has 3 aromatic carbocycles. The fourth-order valence-corrected chi connectivity index (χ4v) is 3.52. The number of aromatic nitrogens is 1. The van der Waals surface area contributed by atoms with Crippen molar-refractivity contribution in [1.82, 2.24) is 4.98 Å². The summed E-state index contributed by atoms with van der Waals surface area (Å²) in [5, 5.41) is 3.00. The molecule has 1 amide bonds. The zero-order chi connectivity index (χ0) is 19.8. The largest absolute Gasteiger partial charge is 0.436 e. The zero-order valence-electron chi connectivity index (χ0n) is 16.5. The first-order valence-corrected chi connectivity index (χ1v) is 9.29. The van der Waals surface area contributed by atoms with E-state index in [-0.39, 0.29) is 5.91 Å². The molecule has 0 aliphatic heterocycles. The lowest BCUT2D eigenvalue weighted by atomic mass is 9.94. The van der Waals surface area contributed by atoms with E-state index >= 15 is 0 Å². The van der Waals surface area contributed by atoms with Crippen LogP contribution >= 0.6 is 0 Å². The van der Waals surface area contributed by atoms with Gasteiger partial charge in [-0.15, -0.1) is 0 Å². The number of carbonyl (C=O) groups is 1. The minimum atomic E-state index is -0.0901. The van der Waals surface area contributed by atoms with Crippen LogP contribution in [0.2, 0.25) is 0 Å². The zero-order valence-corrected chi connectivity index (χ0v) is 16.5. The number of hydrogen-bond donors (Lipinski definition) is 1. The second-order valence-corrected chi connectivity index (χ2v) is 7.15. The molecule has 0 unspecified atom stereocenters. The summed E-state index contributed by atoms with van der Waals surface area (Å²) in [5.41, 5.74) is 8.31. The Labute approximate surface area is 164 Å². The van der Waals surface area contributed by atoms with Gasteiger partial charge in [-0.3, -0.25) is 4.79 Å². The van der Waals surface area contributed by atoms with Crippen LogP contribution < -0.4 is 5.32 Å². The van der Waals surface area contributed by atoms with Crippen LogP contribution in [-0.4, -0.2) is 10.9 Å². The molecule has 0 atom stereocenters. The Morgan fingerprint density at radius 1 is 0.893 bits per heavy atom. The summed E-state index contributed by atoms with van der Waals surface area (Å²) in [4.78, 5) is 17.4. The maximum absolute atomic E-state index is 12.8. The number of nitrogens with one attached hydrogen (secondary N) is 1. The van der Waals surface area contributed by atoms with Crippen molar-refractivity contribution in [3.63, 3.8) is 0 Å². The van der Waals surface area contributed by atoms with Crippen LogP contribution in [0.1, 0.15) is 32.6 Å². The highest BCUT2D eigenvalue weighted by Crippen LogP contribution is 2.26. The molecule has 0 saturated carbocycles. The van der Waals surface area contributed by atoms with E-state index in [2.05, 4.69) is 30.2 Å². The predicted octanol–water partition coefficient (Wildman–Crippen LogP) is 5.98. The number of rotatable bonds is 3. The Hall–Kier alpha value is -3.40. The van der Waals surface area contributed by atoms with E-state index in [4.69, 9.17) is 4.42 Å². The van der Waals surface area contributed by atoms with Crippen molar-refractivity contribution < 1.29 is 9.21 Å². The standard InChI is InChI=1S/C24H22N2O2/c1-14-13-15(2)22(17(4)16(14)3)23(27)25-19-11-9-18(10-12-19)24-26-20-7-5-6-8-21(20)28-24/h5-13H,1-4H3,(H,25,27). The summed E-state index contributed by atoms with van der Waals surface area (Å²) in [6.07, 6.45) is 0. The number of hydrogen-bond acceptors (Lipinski definition) is 3. The molecule has 0 saturated heterocycles. The van der Waals surface area contributed by atoms with Crippen molar-refractivity contribution in [1.29, 1.82) is 0 Å². The lowest BCUT2D eigenvalue weighted by Gasteiger charge is -2.15. The number of benzene rings is 3. The first-order chi connectivity index (χ1) is 13.4. The molecule has 28 heavy (non-hydrogen) atoms. The maximum atomic E-state index is 12.8. The van der Waals surface area contributed by atoms with Gasteiger partial charge < -0.3 is 9.73 Å². The first kappa shape index (κ1) is 18.0. The van der Waals surface area contributed by atoms with E-state index in [1.807, 2.05) is 62.4 Å². The number of para-hydroxylation sites is 2. The van der Waals surface area contributed by atoms with Crippen LogP contribution in [0.15, 0.2) is 59.0 Å². The van der Waals surface area contributed by atoms with Gasteiger partial charge in [0, 0.05) is 16.8 Å². The number of nitrogens with zero attached hydrogens (tertiary/aromatic N) is 1. The molecular formula is C24H22N2O2. The number of oxazole rings is 1. The second-order valence-electron chi connectivity index (χ2n) is 7.15. The van der Waals surface area contributed by atoms with Crippen LogP contribution in [0, 0.1) is 27.7 Å². The second kappa shape index (κ2) is 6.97. The molecule has 0 fully saturated rings. The van der Waals surface area contributed by atoms with E-state index in [1.165, 1.54) is 5.56 Å².